The molecule has 66 valence electrons. The van der Waals surface area contributed by atoms with E-state index >= 15 is 0 Å². The topological polar surface area (TPSA) is 76.5 Å². The lowest BCUT2D eigenvalue weighted by Gasteiger charge is -1.97. The van der Waals surface area contributed by atoms with Crippen LogP contribution in [0.15, 0.2) is 23.5 Å². The van der Waals surface area contributed by atoms with Gasteiger partial charge in [-0.15, -0.1) is 0 Å². The average molecular weight is 198 g/mol. The van der Waals surface area contributed by atoms with Crippen molar-refractivity contribution in [3.63, 3.8) is 0 Å². The standard InChI is InChI=1S/C6H4ClN5O/c7-4-1-5(9-2-8-4)12-3-10-6(13)11-12/h1-3H,(H,11,13). The third kappa shape index (κ3) is 1.57. The molecule has 0 amide bonds. The highest BCUT2D eigenvalue weighted by Gasteiger charge is 1.99. The molecule has 0 unspecified atom stereocenters. The zero-order chi connectivity index (χ0) is 9.26. The number of hydrogen-bond acceptors (Lipinski definition) is 4. The third-order valence-corrected chi connectivity index (χ3v) is 1.58. The molecule has 2 heterocycles. The van der Waals surface area contributed by atoms with E-state index in [-0.39, 0.29) is 0 Å². The summed E-state index contributed by atoms with van der Waals surface area (Å²) in [6, 6.07) is 1.51. The molecule has 0 bridgehead atoms. The zero-order valence-corrected chi connectivity index (χ0v) is 7.06. The van der Waals surface area contributed by atoms with E-state index in [9.17, 15) is 4.79 Å². The molecule has 0 aliphatic carbocycles. The number of rotatable bonds is 1. The van der Waals surface area contributed by atoms with Crippen molar-refractivity contribution in [1.29, 1.82) is 0 Å². The molecule has 2 aromatic heterocycles. The van der Waals surface area contributed by atoms with Crippen LogP contribution in [0.5, 0.6) is 0 Å². The van der Waals surface area contributed by atoms with Crippen LogP contribution in [0.1, 0.15) is 0 Å². The molecule has 0 saturated heterocycles. The summed E-state index contributed by atoms with van der Waals surface area (Å²) in [6.07, 6.45) is 2.62. The van der Waals surface area contributed by atoms with Crippen molar-refractivity contribution in [2.75, 3.05) is 0 Å². The minimum absolute atomic E-state index is 0.305. The quantitative estimate of drug-likeness (QED) is 0.653. The number of nitrogens with zero attached hydrogens (tertiary/aromatic N) is 4. The normalized spacial score (nSPS) is 10.2. The van der Waals surface area contributed by atoms with Gasteiger partial charge in [0.25, 0.3) is 0 Å². The Morgan fingerprint density at radius 1 is 1.38 bits per heavy atom. The van der Waals surface area contributed by atoms with Crippen LogP contribution in [0.3, 0.4) is 0 Å². The summed E-state index contributed by atoms with van der Waals surface area (Å²) in [4.78, 5) is 21.7. The van der Waals surface area contributed by atoms with Gasteiger partial charge in [-0.1, -0.05) is 11.6 Å². The van der Waals surface area contributed by atoms with Gasteiger partial charge in [0, 0.05) is 6.07 Å². The van der Waals surface area contributed by atoms with Crippen molar-refractivity contribution in [3.05, 3.63) is 34.4 Å². The molecule has 0 aliphatic heterocycles. The van der Waals surface area contributed by atoms with Gasteiger partial charge in [0.2, 0.25) is 0 Å². The van der Waals surface area contributed by atoms with Crippen molar-refractivity contribution in [2.45, 2.75) is 0 Å². The first-order valence-electron chi connectivity index (χ1n) is 3.37. The number of aromatic nitrogens is 5. The maximum atomic E-state index is 10.7. The van der Waals surface area contributed by atoms with Crippen LogP contribution < -0.4 is 5.69 Å². The van der Waals surface area contributed by atoms with Crippen molar-refractivity contribution in [3.8, 4) is 5.82 Å². The molecule has 7 heteroatoms. The van der Waals surface area contributed by atoms with Gasteiger partial charge >= 0.3 is 5.69 Å². The van der Waals surface area contributed by atoms with Gasteiger partial charge in [0.1, 0.15) is 17.8 Å². The summed E-state index contributed by atoms with van der Waals surface area (Å²) in [7, 11) is 0. The average Bonchev–Trinajstić information content (AvgIpc) is 2.52. The van der Waals surface area contributed by atoms with Gasteiger partial charge in [-0.3, -0.25) is 0 Å². The second-order valence-electron chi connectivity index (χ2n) is 2.23. The molecule has 0 aliphatic rings. The first-order chi connectivity index (χ1) is 6.25. The lowest BCUT2D eigenvalue weighted by Crippen LogP contribution is -2.06. The minimum atomic E-state index is -0.435. The van der Waals surface area contributed by atoms with Gasteiger partial charge in [-0.25, -0.2) is 24.5 Å². The second-order valence-corrected chi connectivity index (χ2v) is 2.62. The Kier molecular flexibility index (Phi) is 1.82. The van der Waals surface area contributed by atoms with Crippen LogP contribution in [0.2, 0.25) is 5.15 Å². The minimum Gasteiger partial charge on any atom is -0.244 e. The van der Waals surface area contributed by atoms with Crippen LogP contribution in [0.4, 0.5) is 0 Å². The summed E-state index contributed by atoms with van der Waals surface area (Å²) in [6.45, 7) is 0. The maximum absolute atomic E-state index is 10.7. The van der Waals surface area contributed by atoms with E-state index in [1.54, 1.807) is 0 Å². The van der Waals surface area contributed by atoms with Gasteiger partial charge in [0.05, 0.1) is 0 Å². The fraction of sp³-hybridized carbons (Fsp3) is 0. The number of aromatic amines is 1. The third-order valence-electron chi connectivity index (χ3n) is 1.37. The van der Waals surface area contributed by atoms with Gasteiger partial charge in [-0.2, -0.15) is 4.98 Å². The highest BCUT2D eigenvalue weighted by atomic mass is 35.5. The van der Waals surface area contributed by atoms with Crippen LogP contribution >= 0.6 is 11.6 Å². The molecule has 0 aromatic carbocycles. The summed E-state index contributed by atoms with van der Waals surface area (Å²) >= 11 is 5.62. The van der Waals surface area contributed by atoms with Crippen molar-refractivity contribution >= 4 is 11.6 Å². The summed E-state index contributed by atoms with van der Waals surface area (Å²) in [5, 5.41) is 2.73. The lowest BCUT2D eigenvalue weighted by atomic mass is 10.6. The number of hydrogen-bond donors (Lipinski definition) is 1. The molecule has 2 rings (SSSR count). The summed E-state index contributed by atoms with van der Waals surface area (Å²) in [5.41, 5.74) is -0.435. The van der Waals surface area contributed by atoms with E-state index in [4.69, 9.17) is 11.6 Å². The molecule has 0 fully saturated rings. The molecule has 0 atom stereocenters. The lowest BCUT2D eigenvalue weighted by molar-refractivity contribution is 0.826. The van der Waals surface area contributed by atoms with E-state index in [2.05, 4.69) is 20.1 Å². The largest absolute Gasteiger partial charge is 0.361 e. The van der Waals surface area contributed by atoms with Crippen LogP contribution in [-0.4, -0.2) is 24.7 Å². The molecule has 2 aromatic rings. The van der Waals surface area contributed by atoms with Crippen LogP contribution in [0.25, 0.3) is 5.82 Å². The van der Waals surface area contributed by atoms with E-state index in [0.717, 1.165) is 0 Å². The Morgan fingerprint density at radius 2 is 2.23 bits per heavy atom. The van der Waals surface area contributed by atoms with E-state index < -0.39 is 5.69 Å². The molecule has 13 heavy (non-hydrogen) atoms. The van der Waals surface area contributed by atoms with Crippen molar-refractivity contribution < 1.29 is 0 Å². The summed E-state index contributed by atoms with van der Waals surface area (Å²) in [5.74, 6) is 0.467. The maximum Gasteiger partial charge on any atom is 0.361 e. The molecule has 0 saturated carbocycles. The SMILES string of the molecule is O=c1ncn(-c2cc(Cl)ncn2)[nH]1. The zero-order valence-electron chi connectivity index (χ0n) is 6.31. The van der Waals surface area contributed by atoms with Gasteiger partial charge in [0.15, 0.2) is 5.82 Å². The Hall–Kier alpha value is -1.69. The highest BCUT2D eigenvalue weighted by molar-refractivity contribution is 6.29. The Balaban J connectivity index is 2.52. The van der Waals surface area contributed by atoms with Crippen LogP contribution in [0, 0.1) is 0 Å². The van der Waals surface area contributed by atoms with E-state index in [1.165, 1.54) is 23.4 Å². The highest BCUT2D eigenvalue weighted by Crippen LogP contribution is 2.05. The fourth-order valence-corrected chi connectivity index (χ4v) is 0.985. The smallest absolute Gasteiger partial charge is 0.244 e. The molecule has 6 nitrogen and oxygen atoms in total. The monoisotopic (exact) mass is 197 g/mol. The first-order valence-corrected chi connectivity index (χ1v) is 3.75. The Bertz CT molecular complexity index is 476. The number of H-pyrrole nitrogens is 1. The Morgan fingerprint density at radius 3 is 2.85 bits per heavy atom. The van der Waals surface area contributed by atoms with Crippen molar-refractivity contribution in [1.82, 2.24) is 24.7 Å². The van der Waals surface area contributed by atoms with E-state index in [1.807, 2.05) is 0 Å². The fourth-order valence-electron chi connectivity index (χ4n) is 0.843. The molecule has 0 spiro atoms. The predicted molar refractivity (Wildman–Crippen MR) is 44.8 cm³/mol. The summed E-state index contributed by atoms with van der Waals surface area (Å²) < 4.78 is 1.36. The number of halogens is 1. The predicted octanol–water partition coefficient (Wildman–Crippen LogP) is 0.00400. The molecule has 1 N–H and O–H groups in total. The molecule has 0 radical (unpaired) electrons. The number of nitrogens with one attached hydrogen (secondary N) is 1. The molecular weight excluding hydrogens is 194 g/mol. The van der Waals surface area contributed by atoms with Crippen LogP contribution in [-0.2, 0) is 0 Å². The Labute approximate surface area is 77.2 Å². The second kappa shape index (κ2) is 2.98. The van der Waals surface area contributed by atoms with E-state index in [0.29, 0.717) is 11.0 Å². The van der Waals surface area contributed by atoms with Crippen molar-refractivity contribution in [2.24, 2.45) is 0 Å². The molecular formula is C6H4ClN5O. The van der Waals surface area contributed by atoms with Gasteiger partial charge < -0.3 is 0 Å². The van der Waals surface area contributed by atoms with Gasteiger partial charge in [-0.05, 0) is 0 Å². The first kappa shape index (κ1) is 7.93.